The maximum Gasteiger partial charge on any atom is 0.340 e. The molecule has 0 aliphatic heterocycles. The van der Waals surface area contributed by atoms with Crippen molar-refractivity contribution in [1.29, 1.82) is 0 Å². The number of halogens is 1. The van der Waals surface area contributed by atoms with E-state index in [1.807, 2.05) is 0 Å². The van der Waals surface area contributed by atoms with Crippen molar-refractivity contribution in [2.45, 2.75) is 13.8 Å². The lowest BCUT2D eigenvalue weighted by Gasteiger charge is -2.04. The number of fused-ring (bicyclic) bond motifs is 1. The Hall–Kier alpha value is -1.56. The summed E-state index contributed by atoms with van der Waals surface area (Å²) in [5.41, 5.74) is 1.53. The minimum absolute atomic E-state index is 0.139. The minimum atomic E-state index is -0.403. The Labute approximate surface area is 118 Å². The molecule has 0 amide bonds. The lowest BCUT2D eigenvalue weighted by molar-refractivity contribution is 0.0527. The van der Waals surface area contributed by atoms with Crippen LogP contribution in [-0.2, 0) is 18.8 Å². The predicted molar refractivity (Wildman–Crippen MR) is 76.6 cm³/mol. The summed E-state index contributed by atoms with van der Waals surface area (Å²) in [6.07, 6.45) is 1.66. The normalized spacial score (nSPS) is 11.0. The first-order valence-corrected chi connectivity index (χ1v) is 6.70. The predicted octanol–water partition coefficient (Wildman–Crippen LogP) is 2.12. The van der Waals surface area contributed by atoms with Crippen molar-refractivity contribution in [2.75, 3.05) is 6.61 Å². The Morgan fingerprint density at radius 2 is 2.05 bits per heavy atom. The van der Waals surface area contributed by atoms with Crippen molar-refractivity contribution in [3.05, 3.63) is 32.3 Å². The van der Waals surface area contributed by atoms with Gasteiger partial charge in [0.2, 0.25) is 0 Å². The van der Waals surface area contributed by atoms with Crippen LogP contribution >= 0.6 is 15.9 Å². The van der Waals surface area contributed by atoms with E-state index >= 15 is 0 Å². The van der Waals surface area contributed by atoms with Crippen molar-refractivity contribution >= 4 is 32.8 Å². The van der Waals surface area contributed by atoms with Crippen LogP contribution in [-0.4, -0.2) is 21.7 Å². The van der Waals surface area contributed by atoms with E-state index in [9.17, 15) is 9.59 Å². The Morgan fingerprint density at radius 1 is 1.42 bits per heavy atom. The molecule has 0 saturated carbocycles. The van der Waals surface area contributed by atoms with Crippen LogP contribution in [0.1, 0.15) is 23.0 Å². The summed E-state index contributed by atoms with van der Waals surface area (Å²) >= 11 is 3.42. The average molecular weight is 327 g/mol. The van der Waals surface area contributed by atoms with Crippen LogP contribution in [0.2, 0.25) is 0 Å². The molecule has 5 nitrogen and oxygen atoms in total. The van der Waals surface area contributed by atoms with E-state index in [1.165, 1.54) is 4.57 Å². The first-order chi connectivity index (χ1) is 8.90. The minimum Gasteiger partial charge on any atom is -0.462 e. The molecule has 2 rings (SSSR count). The van der Waals surface area contributed by atoms with Gasteiger partial charge in [0.15, 0.2) is 0 Å². The first kappa shape index (κ1) is 13.9. The number of rotatable bonds is 2. The van der Waals surface area contributed by atoms with Gasteiger partial charge in [0.1, 0.15) is 5.52 Å². The fraction of sp³-hybridized carbons (Fsp3) is 0.385. The molecule has 0 aliphatic rings. The number of aromatic nitrogens is 2. The lowest BCUT2D eigenvalue weighted by atomic mass is 10.1. The zero-order valence-corrected chi connectivity index (χ0v) is 12.9. The molecule has 2 aromatic rings. The second kappa shape index (κ2) is 4.85. The van der Waals surface area contributed by atoms with Gasteiger partial charge in [-0.15, -0.1) is 0 Å². The topological polar surface area (TPSA) is 53.2 Å². The largest absolute Gasteiger partial charge is 0.462 e. The van der Waals surface area contributed by atoms with E-state index in [1.54, 1.807) is 38.7 Å². The van der Waals surface area contributed by atoms with Gasteiger partial charge in [-0.1, -0.05) is 0 Å². The molecule has 0 atom stereocenters. The number of carbonyl (C=O) groups excluding carboxylic acids is 1. The second-order valence-corrected chi connectivity index (χ2v) is 5.21. The molecule has 0 fully saturated rings. The second-order valence-electron chi connectivity index (χ2n) is 4.36. The van der Waals surface area contributed by atoms with Crippen LogP contribution in [0.25, 0.3) is 10.9 Å². The van der Waals surface area contributed by atoms with E-state index in [0.29, 0.717) is 27.5 Å². The van der Waals surface area contributed by atoms with Crippen LogP contribution in [0.5, 0.6) is 0 Å². The fourth-order valence-corrected chi connectivity index (χ4v) is 2.89. The van der Waals surface area contributed by atoms with E-state index in [2.05, 4.69) is 15.9 Å². The van der Waals surface area contributed by atoms with Crippen molar-refractivity contribution in [1.82, 2.24) is 9.13 Å². The SMILES string of the molecule is CCOC(=O)c1c(C)n(C)c2c(=O)n(C)cc(Br)c12. The molecule has 0 bridgehead atoms. The van der Waals surface area contributed by atoms with E-state index in [0.717, 1.165) is 5.69 Å². The quantitative estimate of drug-likeness (QED) is 0.794. The molecule has 2 heterocycles. The molecule has 19 heavy (non-hydrogen) atoms. The molecule has 2 aromatic heterocycles. The maximum absolute atomic E-state index is 12.2. The number of esters is 1. The highest BCUT2D eigenvalue weighted by Crippen LogP contribution is 2.29. The zero-order chi connectivity index (χ0) is 14.3. The van der Waals surface area contributed by atoms with Gasteiger partial charge in [0.05, 0.1) is 12.2 Å². The summed E-state index contributed by atoms with van der Waals surface area (Å²) in [5.74, 6) is -0.403. The van der Waals surface area contributed by atoms with Gasteiger partial charge in [-0.05, 0) is 29.8 Å². The summed E-state index contributed by atoms with van der Waals surface area (Å²) in [4.78, 5) is 24.3. The number of carbonyl (C=O) groups is 1. The van der Waals surface area contributed by atoms with E-state index < -0.39 is 5.97 Å². The summed E-state index contributed by atoms with van der Waals surface area (Å²) in [6.45, 7) is 3.86. The van der Waals surface area contributed by atoms with Crippen LogP contribution in [0.4, 0.5) is 0 Å². The molecule has 0 aliphatic carbocycles. The standard InChI is InChI=1S/C13H15BrN2O3/c1-5-19-13(18)9-7(2)16(4)11-10(9)8(14)6-15(3)12(11)17/h6H,5H2,1-4H3. The summed E-state index contributed by atoms with van der Waals surface area (Å²) in [6, 6.07) is 0. The Morgan fingerprint density at radius 3 is 2.63 bits per heavy atom. The van der Waals surface area contributed by atoms with Gasteiger partial charge < -0.3 is 13.9 Å². The van der Waals surface area contributed by atoms with Gasteiger partial charge in [-0.25, -0.2) is 4.79 Å². The van der Waals surface area contributed by atoms with Crippen LogP contribution in [0, 0.1) is 6.92 Å². The van der Waals surface area contributed by atoms with Gasteiger partial charge in [0.25, 0.3) is 5.56 Å². The van der Waals surface area contributed by atoms with Crippen molar-refractivity contribution in [2.24, 2.45) is 14.1 Å². The third-order valence-electron chi connectivity index (χ3n) is 3.24. The van der Waals surface area contributed by atoms with Crippen LogP contribution in [0.15, 0.2) is 15.5 Å². The third-order valence-corrected chi connectivity index (χ3v) is 3.84. The maximum atomic E-state index is 12.2. The monoisotopic (exact) mass is 326 g/mol. The van der Waals surface area contributed by atoms with E-state index in [-0.39, 0.29) is 5.56 Å². The number of pyridine rings is 1. The van der Waals surface area contributed by atoms with Crippen LogP contribution < -0.4 is 5.56 Å². The molecule has 0 unspecified atom stereocenters. The third kappa shape index (κ3) is 2.00. The lowest BCUT2D eigenvalue weighted by Crippen LogP contribution is -2.18. The van der Waals surface area contributed by atoms with Gasteiger partial charge in [-0.3, -0.25) is 4.79 Å². The van der Waals surface area contributed by atoms with Crippen molar-refractivity contribution in [3.63, 3.8) is 0 Å². The molecule has 0 N–H and O–H groups in total. The molecular weight excluding hydrogens is 312 g/mol. The zero-order valence-electron chi connectivity index (χ0n) is 11.3. The number of hydrogen-bond acceptors (Lipinski definition) is 3. The molecular formula is C13H15BrN2O3. The van der Waals surface area contributed by atoms with Crippen molar-refractivity contribution in [3.8, 4) is 0 Å². The van der Waals surface area contributed by atoms with Crippen LogP contribution in [0.3, 0.4) is 0 Å². The molecule has 0 radical (unpaired) electrons. The number of hydrogen-bond donors (Lipinski definition) is 0. The molecule has 0 saturated heterocycles. The summed E-state index contributed by atoms with van der Waals surface area (Å²) in [7, 11) is 3.45. The number of nitrogens with zero attached hydrogens (tertiary/aromatic N) is 2. The molecule has 6 heteroatoms. The molecule has 0 spiro atoms. The Balaban J connectivity index is 2.94. The van der Waals surface area contributed by atoms with E-state index in [4.69, 9.17) is 4.74 Å². The molecule has 102 valence electrons. The average Bonchev–Trinajstić information content (AvgIpc) is 2.61. The van der Waals surface area contributed by atoms with Gasteiger partial charge in [-0.2, -0.15) is 0 Å². The fourth-order valence-electron chi connectivity index (χ4n) is 2.20. The smallest absolute Gasteiger partial charge is 0.340 e. The van der Waals surface area contributed by atoms with Crippen molar-refractivity contribution < 1.29 is 9.53 Å². The van der Waals surface area contributed by atoms with Gasteiger partial charge in [0, 0.05) is 35.8 Å². The number of ether oxygens (including phenoxy) is 1. The highest BCUT2D eigenvalue weighted by atomic mass is 79.9. The highest BCUT2D eigenvalue weighted by molar-refractivity contribution is 9.10. The number of aryl methyl sites for hydroxylation is 2. The summed E-state index contributed by atoms with van der Waals surface area (Å²) in [5, 5.41) is 0.613. The Kier molecular flexibility index (Phi) is 3.54. The summed E-state index contributed by atoms with van der Waals surface area (Å²) < 4.78 is 9.00. The Bertz CT molecular complexity index is 728. The first-order valence-electron chi connectivity index (χ1n) is 5.91. The molecule has 0 aromatic carbocycles. The van der Waals surface area contributed by atoms with Gasteiger partial charge >= 0.3 is 5.97 Å². The highest BCUT2D eigenvalue weighted by Gasteiger charge is 2.23.